The van der Waals surface area contributed by atoms with Crippen molar-refractivity contribution in [1.82, 2.24) is 10.6 Å². The van der Waals surface area contributed by atoms with Crippen LogP contribution in [0, 0.1) is 11.8 Å². The molecule has 20 heavy (non-hydrogen) atoms. The molecule has 3 N–H and O–H groups in total. The molecule has 1 aliphatic rings. The molecule has 1 fully saturated rings. The lowest BCUT2D eigenvalue weighted by Gasteiger charge is -2.08. The molecular formula is C13H14N2O3S2. The largest absolute Gasteiger partial charge is 0.395 e. The first-order valence-electron chi connectivity index (χ1n) is 6.07. The first-order valence-corrected chi connectivity index (χ1v) is 7.93. The van der Waals surface area contributed by atoms with E-state index in [1.807, 2.05) is 11.4 Å². The number of hydrogen-bond acceptors (Lipinski definition) is 5. The molecule has 5 nitrogen and oxygen atoms in total. The predicted octanol–water partition coefficient (Wildman–Crippen LogP) is 0.923. The van der Waals surface area contributed by atoms with Crippen molar-refractivity contribution in [2.24, 2.45) is 0 Å². The standard InChI is InChI=1S/C13H14N2O3S2/c16-4-2-1-3-9-5-10(19-7-9)6-14-12(17)11-8-20-13(18)15-11/h5,7,11,16H,2,4,6,8H2,(H,14,17)(H,15,18). The molecule has 0 spiro atoms. The molecule has 1 aromatic heterocycles. The molecule has 7 heteroatoms. The molecule has 1 aliphatic heterocycles. The van der Waals surface area contributed by atoms with E-state index in [1.165, 1.54) is 11.3 Å². The lowest BCUT2D eigenvalue weighted by atomic mass is 10.3. The number of hydrogen-bond donors (Lipinski definition) is 3. The van der Waals surface area contributed by atoms with E-state index >= 15 is 0 Å². The topological polar surface area (TPSA) is 78.4 Å². The quantitative estimate of drug-likeness (QED) is 0.723. The van der Waals surface area contributed by atoms with E-state index in [0.717, 1.165) is 22.2 Å². The highest BCUT2D eigenvalue weighted by molar-refractivity contribution is 8.14. The van der Waals surface area contributed by atoms with Gasteiger partial charge in [0.2, 0.25) is 5.91 Å². The zero-order valence-corrected chi connectivity index (χ0v) is 12.3. The van der Waals surface area contributed by atoms with Crippen LogP contribution in [0.15, 0.2) is 11.4 Å². The van der Waals surface area contributed by atoms with Crippen molar-refractivity contribution < 1.29 is 14.7 Å². The Labute approximate surface area is 125 Å². The van der Waals surface area contributed by atoms with E-state index in [1.54, 1.807) is 0 Å². The third-order valence-electron chi connectivity index (χ3n) is 2.55. The van der Waals surface area contributed by atoms with Crippen LogP contribution in [-0.4, -0.2) is 34.7 Å². The summed E-state index contributed by atoms with van der Waals surface area (Å²) in [5, 5.41) is 15.8. The second-order valence-corrected chi connectivity index (χ2v) is 6.08. The number of thiophene rings is 1. The molecule has 0 radical (unpaired) electrons. The third kappa shape index (κ3) is 4.27. The maximum atomic E-state index is 11.8. The predicted molar refractivity (Wildman–Crippen MR) is 79.5 cm³/mol. The van der Waals surface area contributed by atoms with Crippen molar-refractivity contribution >= 4 is 34.2 Å². The Morgan fingerprint density at radius 1 is 1.60 bits per heavy atom. The summed E-state index contributed by atoms with van der Waals surface area (Å²) in [5.74, 6) is 6.11. The average molecular weight is 310 g/mol. The Kier molecular flexibility index (Phi) is 5.47. The summed E-state index contributed by atoms with van der Waals surface area (Å²) in [6.45, 7) is 0.493. The first kappa shape index (κ1) is 14.9. The van der Waals surface area contributed by atoms with Gasteiger partial charge in [-0.25, -0.2) is 0 Å². The van der Waals surface area contributed by atoms with Gasteiger partial charge in [0.1, 0.15) is 6.04 Å². The molecule has 2 amide bonds. The van der Waals surface area contributed by atoms with Gasteiger partial charge in [-0.15, -0.1) is 11.3 Å². The molecule has 2 rings (SSSR count). The van der Waals surface area contributed by atoms with Crippen LogP contribution in [0.5, 0.6) is 0 Å². The van der Waals surface area contributed by atoms with E-state index in [2.05, 4.69) is 22.5 Å². The molecule has 0 bridgehead atoms. The van der Waals surface area contributed by atoms with Crippen LogP contribution in [0.25, 0.3) is 0 Å². The second kappa shape index (κ2) is 7.33. The molecule has 1 atom stereocenters. The van der Waals surface area contributed by atoms with Crippen molar-refractivity contribution in [3.05, 3.63) is 21.9 Å². The molecule has 1 unspecified atom stereocenters. The fraction of sp³-hybridized carbons (Fsp3) is 0.385. The maximum Gasteiger partial charge on any atom is 0.279 e. The fourth-order valence-electron chi connectivity index (χ4n) is 1.58. The Balaban J connectivity index is 1.81. The molecule has 0 aromatic carbocycles. The van der Waals surface area contributed by atoms with Gasteiger partial charge in [0.15, 0.2) is 0 Å². The molecule has 1 aromatic rings. The molecular weight excluding hydrogens is 296 g/mol. The van der Waals surface area contributed by atoms with Gasteiger partial charge in [-0.2, -0.15) is 0 Å². The molecule has 106 valence electrons. The smallest absolute Gasteiger partial charge is 0.279 e. The van der Waals surface area contributed by atoms with Crippen molar-refractivity contribution in [1.29, 1.82) is 0 Å². The van der Waals surface area contributed by atoms with Gasteiger partial charge < -0.3 is 15.7 Å². The SMILES string of the molecule is O=C1NC(C(=O)NCc2cc(C#CCCO)cs2)CS1. The van der Waals surface area contributed by atoms with Gasteiger partial charge in [-0.3, -0.25) is 9.59 Å². The number of aliphatic hydroxyl groups is 1. The van der Waals surface area contributed by atoms with E-state index in [9.17, 15) is 9.59 Å². The normalized spacial score (nSPS) is 17.2. The van der Waals surface area contributed by atoms with Crippen LogP contribution in [-0.2, 0) is 11.3 Å². The van der Waals surface area contributed by atoms with Crippen LogP contribution < -0.4 is 10.6 Å². The Bertz CT molecular complexity index is 559. The molecule has 1 saturated heterocycles. The van der Waals surface area contributed by atoms with Crippen LogP contribution >= 0.6 is 23.1 Å². The summed E-state index contributed by atoms with van der Waals surface area (Å²) in [5.41, 5.74) is 0.887. The second-order valence-electron chi connectivity index (χ2n) is 4.09. The summed E-state index contributed by atoms with van der Waals surface area (Å²) in [7, 11) is 0. The van der Waals surface area contributed by atoms with E-state index in [0.29, 0.717) is 18.7 Å². The highest BCUT2D eigenvalue weighted by atomic mass is 32.2. The molecule has 2 heterocycles. The average Bonchev–Trinajstić information content (AvgIpc) is 3.05. The van der Waals surface area contributed by atoms with Crippen LogP contribution in [0.2, 0.25) is 0 Å². The number of rotatable bonds is 4. The first-order chi connectivity index (χ1) is 9.69. The molecule has 0 saturated carbocycles. The van der Waals surface area contributed by atoms with Crippen molar-refractivity contribution in [3.63, 3.8) is 0 Å². The maximum absolute atomic E-state index is 11.8. The highest BCUT2D eigenvalue weighted by Gasteiger charge is 2.27. The lowest BCUT2D eigenvalue weighted by Crippen LogP contribution is -2.42. The van der Waals surface area contributed by atoms with E-state index in [-0.39, 0.29) is 17.8 Å². The number of thioether (sulfide) groups is 1. The summed E-state index contributed by atoms with van der Waals surface area (Å²) in [6.07, 6.45) is 0.459. The lowest BCUT2D eigenvalue weighted by molar-refractivity contribution is -0.122. The molecule has 0 aliphatic carbocycles. The summed E-state index contributed by atoms with van der Waals surface area (Å²) in [6, 6.07) is 1.48. The number of nitrogens with one attached hydrogen (secondary N) is 2. The van der Waals surface area contributed by atoms with Gasteiger partial charge in [-0.05, 0) is 6.07 Å². The van der Waals surface area contributed by atoms with Gasteiger partial charge in [0.05, 0.1) is 13.2 Å². The minimum Gasteiger partial charge on any atom is -0.395 e. The van der Waals surface area contributed by atoms with Crippen molar-refractivity contribution in [2.75, 3.05) is 12.4 Å². The van der Waals surface area contributed by atoms with Crippen molar-refractivity contribution in [3.8, 4) is 11.8 Å². The number of carbonyl (C=O) groups excluding carboxylic acids is 2. The minimum atomic E-state index is -0.434. The number of carbonyl (C=O) groups is 2. The fourth-order valence-corrected chi connectivity index (χ4v) is 3.12. The number of amides is 2. The highest BCUT2D eigenvalue weighted by Crippen LogP contribution is 2.15. The third-order valence-corrected chi connectivity index (χ3v) is 4.37. The van der Waals surface area contributed by atoms with E-state index in [4.69, 9.17) is 5.11 Å². The summed E-state index contributed by atoms with van der Waals surface area (Å²) in [4.78, 5) is 23.8. The monoisotopic (exact) mass is 310 g/mol. The Morgan fingerprint density at radius 3 is 3.15 bits per heavy atom. The summed E-state index contributed by atoms with van der Waals surface area (Å²) < 4.78 is 0. The van der Waals surface area contributed by atoms with Gasteiger partial charge >= 0.3 is 0 Å². The zero-order valence-electron chi connectivity index (χ0n) is 10.6. The van der Waals surface area contributed by atoms with Crippen LogP contribution in [0.4, 0.5) is 4.79 Å². The van der Waals surface area contributed by atoms with Crippen LogP contribution in [0.1, 0.15) is 16.9 Å². The summed E-state index contributed by atoms with van der Waals surface area (Å²) >= 11 is 2.64. The van der Waals surface area contributed by atoms with Crippen molar-refractivity contribution in [2.45, 2.75) is 19.0 Å². The zero-order chi connectivity index (χ0) is 14.4. The van der Waals surface area contributed by atoms with Gasteiger partial charge in [0, 0.05) is 28.0 Å². The van der Waals surface area contributed by atoms with Crippen LogP contribution in [0.3, 0.4) is 0 Å². The Morgan fingerprint density at radius 2 is 2.45 bits per heavy atom. The van der Waals surface area contributed by atoms with E-state index < -0.39 is 6.04 Å². The minimum absolute atomic E-state index is 0.0607. The Hall–Kier alpha value is -1.49. The van der Waals surface area contributed by atoms with Gasteiger partial charge in [-0.1, -0.05) is 23.6 Å². The van der Waals surface area contributed by atoms with Gasteiger partial charge in [0.25, 0.3) is 5.24 Å². The number of aliphatic hydroxyl groups excluding tert-OH is 1.